The van der Waals surface area contributed by atoms with E-state index in [9.17, 15) is 19.8 Å². The van der Waals surface area contributed by atoms with E-state index in [1.807, 2.05) is 0 Å². The number of rotatable bonds is 6. The lowest BCUT2D eigenvalue weighted by Crippen LogP contribution is -2.54. The van der Waals surface area contributed by atoms with E-state index in [1.54, 1.807) is 38.2 Å². The minimum absolute atomic E-state index is 0.193. The molecule has 2 amide bonds. The number of para-hydroxylation sites is 1. The number of carbonyl (C=O) groups is 2. The molecule has 0 aliphatic heterocycles. The highest BCUT2D eigenvalue weighted by Gasteiger charge is 2.30. The van der Waals surface area contributed by atoms with E-state index in [0.717, 1.165) is 0 Å². The van der Waals surface area contributed by atoms with Gasteiger partial charge in [-0.05, 0) is 18.6 Å². The second-order valence-electron chi connectivity index (χ2n) is 5.00. The lowest BCUT2D eigenvalue weighted by atomic mass is 9.97. The molecule has 1 aromatic rings. The first kappa shape index (κ1) is 17.1. The molecule has 0 fully saturated rings. The summed E-state index contributed by atoms with van der Waals surface area (Å²) in [6.07, 6.45) is 0.385. The van der Waals surface area contributed by atoms with Crippen molar-refractivity contribution < 1.29 is 19.8 Å². The van der Waals surface area contributed by atoms with Crippen LogP contribution in [0.2, 0.25) is 0 Å². The quantitative estimate of drug-likeness (QED) is 0.714. The number of aliphatic hydroxyl groups is 2. The fraction of sp³-hybridized carbons (Fsp3) is 0.467. The second-order valence-corrected chi connectivity index (χ2v) is 5.00. The maximum atomic E-state index is 12.4. The molecule has 6 heteroatoms. The van der Waals surface area contributed by atoms with E-state index in [4.69, 9.17) is 0 Å². The molecule has 21 heavy (non-hydrogen) atoms. The van der Waals surface area contributed by atoms with Gasteiger partial charge >= 0.3 is 0 Å². The van der Waals surface area contributed by atoms with Crippen LogP contribution < -0.4 is 10.2 Å². The molecule has 0 saturated carbocycles. The van der Waals surface area contributed by atoms with Crippen LogP contribution in [0.4, 0.5) is 5.69 Å². The monoisotopic (exact) mass is 294 g/mol. The molecule has 0 aliphatic rings. The van der Waals surface area contributed by atoms with Gasteiger partial charge in [0, 0.05) is 14.0 Å². The highest BCUT2D eigenvalue weighted by Crippen LogP contribution is 2.20. The summed E-state index contributed by atoms with van der Waals surface area (Å²) in [5, 5.41) is 21.5. The number of benzene rings is 1. The third-order valence-corrected chi connectivity index (χ3v) is 3.64. The molecule has 1 rings (SSSR count). The Morgan fingerprint density at radius 1 is 1.24 bits per heavy atom. The van der Waals surface area contributed by atoms with Gasteiger partial charge in [-0.25, -0.2) is 0 Å². The van der Waals surface area contributed by atoms with Gasteiger partial charge in [0.15, 0.2) is 0 Å². The lowest BCUT2D eigenvalue weighted by molar-refractivity contribution is -0.116. The molecule has 0 spiro atoms. The Kier molecular flexibility index (Phi) is 5.87. The van der Waals surface area contributed by atoms with Crippen LogP contribution >= 0.6 is 0 Å². The molecular weight excluding hydrogens is 272 g/mol. The minimum Gasteiger partial charge on any atom is -0.394 e. The average Bonchev–Trinajstić information content (AvgIpc) is 2.51. The van der Waals surface area contributed by atoms with Gasteiger partial charge in [0.1, 0.15) is 0 Å². The van der Waals surface area contributed by atoms with Crippen LogP contribution in [-0.4, -0.2) is 47.8 Å². The molecule has 0 heterocycles. The Morgan fingerprint density at radius 3 is 2.29 bits per heavy atom. The summed E-state index contributed by atoms with van der Waals surface area (Å²) < 4.78 is 0. The lowest BCUT2D eigenvalue weighted by Gasteiger charge is -2.30. The van der Waals surface area contributed by atoms with Gasteiger partial charge in [-0.1, -0.05) is 19.1 Å². The molecule has 0 bridgehead atoms. The maximum Gasteiger partial charge on any atom is 0.253 e. The SMILES string of the molecule is CCC(CO)(CO)NC(=O)c1ccccc1N(C)C(C)=O. The molecule has 0 unspecified atom stereocenters. The number of hydrogen-bond acceptors (Lipinski definition) is 4. The number of nitrogens with one attached hydrogen (secondary N) is 1. The van der Waals surface area contributed by atoms with Crippen molar-refractivity contribution in [2.75, 3.05) is 25.2 Å². The van der Waals surface area contributed by atoms with E-state index >= 15 is 0 Å². The van der Waals surface area contributed by atoms with Crippen LogP contribution in [0.15, 0.2) is 24.3 Å². The highest BCUT2D eigenvalue weighted by atomic mass is 16.3. The summed E-state index contributed by atoms with van der Waals surface area (Å²) in [7, 11) is 1.58. The Hall–Kier alpha value is -1.92. The molecular formula is C15H22N2O4. The third kappa shape index (κ3) is 3.80. The van der Waals surface area contributed by atoms with Crippen LogP contribution in [0.25, 0.3) is 0 Å². The zero-order valence-electron chi connectivity index (χ0n) is 12.6. The van der Waals surface area contributed by atoms with Crippen molar-refractivity contribution >= 4 is 17.5 Å². The van der Waals surface area contributed by atoms with Crippen molar-refractivity contribution in [2.24, 2.45) is 0 Å². The Morgan fingerprint density at radius 2 is 1.81 bits per heavy atom. The first-order chi connectivity index (χ1) is 9.90. The summed E-state index contributed by atoms with van der Waals surface area (Å²) in [4.78, 5) is 25.3. The normalized spacial score (nSPS) is 11.1. The molecule has 3 N–H and O–H groups in total. The number of hydrogen-bond donors (Lipinski definition) is 3. The summed E-state index contributed by atoms with van der Waals surface area (Å²) in [6.45, 7) is 2.44. The Labute approximate surface area is 124 Å². The fourth-order valence-electron chi connectivity index (χ4n) is 1.88. The van der Waals surface area contributed by atoms with Gasteiger partial charge < -0.3 is 20.4 Å². The van der Waals surface area contributed by atoms with Gasteiger partial charge in [-0.3, -0.25) is 9.59 Å². The number of carbonyl (C=O) groups excluding carboxylic acids is 2. The smallest absolute Gasteiger partial charge is 0.253 e. The van der Waals surface area contributed by atoms with Crippen molar-refractivity contribution in [1.29, 1.82) is 0 Å². The average molecular weight is 294 g/mol. The molecule has 116 valence electrons. The van der Waals surface area contributed by atoms with Gasteiger partial charge in [0.05, 0.1) is 30.0 Å². The van der Waals surface area contributed by atoms with E-state index in [2.05, 4.69) is 5.32 Å². The zero-order valence-corrected chi connectivity index (χ0v) is 12.6. The minimum atomic E-state index is -1.07. The Bertz CT molecular complexity index is 504. The van der Waals surface area contributed by atoms with Crippen molar-refractivity contribution in [3.05, 3.63) is 29.8 Å². The predicted octanol–water partition coefficient (Wildman–Crippen LogP) is 0.532. The molecule has 0 radical (unpaired) electrons. The largest absolute Gasteiger partial charge is 0.394 e. The first-order valence-electron chi connectivity index (χ1n) is 6.78. The van der Waals surface area contributed by atoms with E-state index in [-0.39, 0.29) is 19.1 Å². The number of nitrogens with zero attached hydrogens (tertiary/aromatic N) is 1. The number of anilines is 1. The van der Waals surface area contributed by atoms with Crippen LogP contribution in [-0.2, 0) is 4.79 Å². The summed E-state index contributed by atoms with van der Waals surface area (Å²) >= 11 is 0. The zero-order chi connectivity index (χ0) is 16.0. The van der Waals surface area contributed by atoms with Crippen LogP contribution in [0, 0.1) is 0 Å². The Balaban J connectivity index is 3.11. The summed E-state index contributed by atoms with van der Waals surface area (Å²) in [5.74, 6) is -0.634. The summed E-state index contributed by atoms with van der Waals surface area (Å²) in [6, 6.07) is 6.69. The molecule has 6 nitrogen and oxygen atoms in total. The van der Waals surface area contributed by atoms with Crippen molar-refractivity contribution in [3.8, 4) is 0 Å². The van der Waals surface area contributed by atoms with Crippen LogP contribution in [0.3, 0.4) is 0 Å². The molecule has 0 atom stereocenters. The van der Waals surface area contributed by atoms with Crippen molar-refractivity contribution in [3.63, 3.8) is 0 Å². The highest BCUT2D eigenvalue weighted by molar-refractivity contribution is 6.04. The van der Waals surface area contributed by atoms with E-state index in [1.165, 1.54) is 11.8 Å². The maximum absolute atomic E-state index is 12.4. The first-order valence-corrected chi connectivity index (χ1v) is 6.78. The molecule has 0 aromatic heterocycles. The molecule has 1 aromatic carbocycles. The fourth-order valence-corrected chi connectivity index (χ4v) is 1.88. The predicted molar refractivity (Wildman–Crippen MR) is 80.2 cm³/mol. The topological polar surface area (TPSA) is 89.9 Å². The van der Waals surface area contributed by atoms with Gasteiger partial charge in [0.2, 0.25) is 5.91 Å². The van der Waals surface area contributed by atoms with Gasteiger partial charge in [0.25, 0.3) is 5.91 Å². The van der Waals surface area contributed by atoms with Gasteiger partial charge in [-0.2, -0.15) is 0 Å². The molecule has 0 aliphatic carbocycles. The van der Waals surface area contributed by atoms with Crippen LogP contribution in [0.1, 0.15) is 30.6 Å². The van der Waals surface area contributed by atoms with Crippen molar-refractivity contribution in [2.45, 2.75) is 25.8 Å². The molecule has 0 saturated heterocycles. The van der Waals surface area contributed by atoms with Gasteiger partial charge in [-0.15, -0.1) is 0 Å². The second kappa shape index (κ2) is 7.19. The third-order valence-electron chi connectivity index (χ3n) is 3.64. The van der Waals surface area contributed by atoms with E-state index < -0.39 is 11.4 Å². The number of amides is 2. The van der Waals surface area contributed by atoms with Crippen molar-refractivity contribution in [1.82, 2.24) is 5.32 Å². The number of aliphatic hydroxyl groups excluding tert-OH is 2. The van der Waals surface area contributed by atoms with E-state index in [0.29, 0.717) is 17.7 Å². The summed E-state index contributed by atoms with van der Waals surface area (Å²) in [5.41, 5.74) is -0.280. The van der Waals surface area contributed by atoms with Crippen LogP contribution in [0.5, 0.6) is 0 Å². The standard InChI is InChI=1S/C15H22N2O4/c1-4-15(9-18,10-19)16-14(21)12-7-5-6-8-13(12)17(3)11(2)20/h5-8,18-19H,4,9-10H2,1-3H3,(H,16,21).